The van der Waals surface area contributed by atoms with Gasteiger partial charge in [0, 0.05) is 32.2 Å². The van der Waals surface area contributed by atoms with Crippen molar-refractivity contribution in [1.82, 2.24) is 9.80 Å². The molecule has 0 aliphatic carbocycles. The fourth-order valence-corrected chi connectivity index (χ4v) is 9.29. The second kappa shape index (κ2) is 8.64. The zero-order valence-corrected chi connectivity index (χ0v) is 19.8. The Balaban J connectivity index is 1.52. The van der Waals surface area contributed by atoms with E-state index in [9.17, 15) is 21.6 Å². The number of amides is 1. The van der Waals surface area contributed by atoms with Crippen LogP contribution >= 0.6 is 0 Å². The van der Waals surface area contributed by atoms with Gasteiger partial charge in [-0.25, -0.2) is 16.8 Å². The summed E-state index contributed by atoms with van der Waals surface area (Å²) >= 11 is 0. The van der Waals surface area contributed by atoms with Gasteiger partial charge in [0.15, 0.2) is 25.4 Å². The summed E-state index contributed by atoms with van der Waals surface area (Å²) in [5, 5.41) is -1.02. The average Bonchev–Trinajstić information content (AvgIpc) is 3.41. The van der Waals surface area contributed by atoms with Crippen molar-refractivity contribution < 1.29 is 26.0 Å². The Kier molecular flexibility index (Phi) is 6.21. The van der Waals surface area contributed by atoms with Crippen LogP contribution in [-0.4, -0.2) is 81.5 Å². The monoisotopic (exact) mass is 480 g/mol. The summed E-state index contributed by atoms with van der Waals surface area (Å²) in [5.74, 6) is -0.258. The summed E-state index contributed by atoms with van der Waals surface area (Å²) in [7, 11) is -7.32. The Morgan fingerprint density at radius 1 is 1.03 bits per heavy atom. The summed E-state index contributed by atoms with van der Waals surface area (Å²) in [6, 6.07) is 9.35. The molecule has 10 heteroatoms. The molecule has 32 heavy (non-hydrogen) atoms. The number of benzene rings is 1. The van der Waals surface area contributed by atoms with Crippen molar-refractivity contribution in [2.24, 2.45) is 0 Å². The first-order chi connectivity index (χ1) is 15.1. The maximum Gasteiger partial charge on any atom is 0.289 e. The summed E-state index contributed by atoms with van der Waals surface area (Å²) in [4.78, 5) is 16.2. The van der Waals surface area contributed by atoms with Gasteiger partial charge >= 0.3 is 0 Å². The standard InChI is InChI=1S/C22H28N2O6S2/c1-16(2)17-5-7-18(8-6-17)32(28,29)21-15-31(26,27)14-19(21)23-9-11-24(12-10-23)22(25)20-4-3-13-30-20/h3-8,13,16,19,21H,9-12,14-15H2,1-2H3/t19-,21-/m0/s1. The molecule has 0 saturated carbocycles. The van der Waals surface area contributed by atoms with E-state index >= 15 is 0 Å². The second-order valence-electron chi connectivity index (χ2n) is 8.76. The predicted octanol–water partition coefficient (Wildman–Crippen LogP) is 1.80. The fourth-order valence-electron chi connectivity index (χ4n) is 4.46. The van der Waals surface area contributed by atoms with Gasteiger partial charge in [0.05, 0.1) is 27.9 Å². The number of furan rings is 1. The number of rotatable bonds is 5. The normalized spacial score (nSPS) is 24.2. The molecule has 0 N–H and O–H groups in total. The van der Waals surface area contributed by atoms with Gasteiger partial charge < -0.3 is 9.32 Å². The Bertz CT molecular complexity index is 1160. The molecule has 0 bridgehead atoms. The molecule has 2 fully saturated rings. The van der Waals surface area contributed by atoms with E-state index in [1.165, 1.54) is 6.26 Å². The largest absolute Gasteiger partial charge is 0.459 e. The second-order valence-corrected chi connectivity index (χ2v) is 13.1. The molecule has 0 unspecified atom stereocenters. The van der Waals surface area contributed by atoms with Crippen LogP contribution in [0, 0.1) is 0 Å². The first kappa shape index (κ1) is 23.0. The van der Waals surface area contributed by atoms with E-state index in [0.717, 1.165) is 5.56 Å². The molecule has 1 aromatic heterocycles. The number of hydrogen-bond donors (Lipinski definition) is 0. The highest BCUT2D eigenvalue weighted by Crippen LogP contribution is 2.30. The van der Waals surface area contributed by atoms with E-state index in [1.54, 1.807) is 41.3 Å². The highest BCUT2D eigenvalue weighted by atomic mass is 32.2. The molecule has 2 atom stereocenters. The molecule has 2 aliphatic rings. The summed E-state index contributed by atoms with van der Waals surface area (Å²) < 4.78 is 57.0. The molecular weight excluding hydrogens is 452 g/mol. The van der Waals surface area contributed by atoms with E-state index in [1.807, 2.05) is 18.7 Å². The lowest BCUT2D eigenvalue weighted by Crippen LogP contribution is -2.55. The lowest BCUT2D eigenvalue weighted by Gasteiger charge is -2.39. The molecule has 1 aromatic carbocycles. The Hall–Kier alpha value is -2.17. The minimum Gasteiger partial charge on any atom is -0.459 e. The van der Waals surface area contributed by atoms with Crippen molar-refractivity contribution in [1.29, 1.82) is 0 Å². The lowest BCUT2D eigenvalue weighted by molar-refractivity contribution is 0.0560. The van der Waals surface area contributed by atoms with Gasteiger partial charge in [-0.3, -0.25) is 9.69 Å². The highest BCUT2D eigenvalue weighted by Gasteiger charge is 2.48. The number of sulfone groups is 2. The summed E-state index contributed by atoms with van der Waals surface area (Å²) in [5.41, 5.74) is 1.02. The van der Waals surface area contributed by atoms with Crippen LogP contribution in [0.2, 0.25) is 0 Å². The van der Waals surface area contributed by atoms with E-state index in [4.69, 9.17) is 4.42 Å². The molecule has 1 amide bonds. The third-order valence-corrected chi connectivity index (χ3v) is 10.5. The van der Waals surface area contributed by atoms with Crippen molar-refractivity contribution in [3.05, 3.63) is 54.0 Å². The number of carbonyl (C=O) groups is 1. The van der Waals surface area contributed by atoms with Gasteiger partial charge in [-0.1, -0.05) is 26.0 Å². The van der Waals surface area contributed by atoms with Gasteiger partial charge in [-0.2, -0.15) is 0 Å². The maximum atomic E-state index is 13.4. The number of hydrogen-bond acceptors (Lipinski definition) is 7. The predicted molar refractivity (Wildman–Crippen MR) is 120 cm³/mol. The van der Waals surface area contributed by atoms with Crippen LogP contribution in [0.1, 0.15) is 35.9 Å². The van der Waals surface area contributed by atoms with E-state index in [2.05, 4.69) is 0 Å². The molecular formula is C22H28N2O6S2. The van der Waals surface area contributed by atoms with E-state index in [0.29, 0.717) is 26.2 Å². The van der Waals surface area contributed by atoms with Crippen molar-refractivity contribution in [3.8, 4) is 0 Å². The quantitative estimate of drug-likeness (QED) is 0.643. The van der Waals surface area contributed by atoms with Crippen molar-refractivity contribution >= 4 is 25.6 Å². The molecule has 174 valence electrons. The zero-order valence-electron chi connectivity index (χ0n) is 18.2. The number of piperazine rings is 1. The van der Waals surface area contributed by atoms with Crippen LogP contribution in [-0.2, 0) is 19.7 Å². The van der Waals surface area contributed by atoms with Crippen LogP contribution < -0.4 is 0 Å². The van der Waals surface area contributed by atoms with E-state index in [-0.39, 0.29) is 34.0 Å². The first-order valence-electron chi connectivity index (χ1n) is 10.7. The fraction of sp³-hybridized carbons (Fsp3) is 0.500. The van der Waals surface area contributed by atoms with Gasteiger partial charge in [0.2, 0.25) is 0 Å². The SMILES string of the molecule is CC(C)c1ccc(S(=O)(=O)[C@H]2CS(=O)(=O)C[C@@H]2N2CCN(C(=O)c3ccco3)CC2)cc1. The summed E-state index contributed by atoms with van der Waals surface area (Å²) in [6.45, 7) is 5.63. The van der Waals surface area contributed by atoms with Gasteiger partial charge in [-0.05, 0) is 35.7 Å². The van der Waals surface area contributed by atoms with Crippen LogP contribution in [0.4, 0.5) is 0 Å². The molecule has 8 nitrogen and oxygen atoms in total. The summed E-state index contributed by atoms with van der Waals surface area (Å²) in [6.07, 6.45) is 1.44. The number of nitrogens with zero attached hydrogens (tertiary/aromatic N) is 2. The lowest BCUT2D eigenvalue weighted by atomic mass is 10.0. The molecule has 2 aliphatic heterocycles. The third kappa shape index (κ3) is 4.49. The Morgan fingerprint density at radius 2 is 1.69 bits per heavy atom. The Morgan fingerprint density at radius 3 is 2.25 bits per heavy atom. The first-order valence-corrected chi connectivity index (χ1v) is 14.1. The minimum atomic E-state index is -3.83. The molecule has 2 aromatic rings. The van der Waals surface area contributed by atoms with Crippen LogP contribution in [0.15, 0.2) is 52.0 Å². The molecule has 2 saturated heterocycles. The zero-order chi connectivity index (χ0) is 23.1. The molecule has 3 heterocycles. The van der Waals surface area contributed by atoms with Crippen molar-refractivity contribution in [2.45, 2.75) is 36.0 Å². The Labute approximate surface area is 189 Å². The van der Waals surface area contributed by atoms with Crippen molar-refractivity contribution in [3.63, 3.8) is 0 Å². The molecule has 0 radical (unpaired) electrons. The average molecular weight is 481 g/mol. The van der Waals surface area contributed by atoms with Crippen molar-refractivity contribution in [2.75, 3.05) is 37.7 Å². The van der Waals surface area contributed by atoms with Gasteiger partial charge in [0.25, 0.3) is 5.91 Å². The highest BCUT2D eigenvalue weighted by molar-refractivity contribution is 7.96. The van der Waals surface area contributed by atoms with Crippen LogP contribution in [0.3, 0.4) is 0 Å². The third-order valence-electron chi connectivity index (χ3n) is 6.35. The smallest absolute Gasteiger partial charge is 0.289 e. The minimum absolute atomic E-state index is 0.153. The van der Waals surface area contributed by atoms with Crippen LogP contribution in [0.5, 0.6) is 0 Å². The van der Waals surface area contributed by atoms with Crippen LogP contribution in [0.25, 0.3) is 0 Å². The number of carbonyl (C=O) groups excluding carboxylic acids is 1. The van der Waals surface area contributed by atoms with Gasteiger partial charge in [-0.15, -0.1) is 0 Å². The maximum absolute atomic E-state index is 13.4. The van der Waals surface area contributed by atoms with Gasteiger partial charge in [0.1, 0.15) is 0 Å². The molecule has 0 spiro atoms. The molecule has 4 rings (SSSR count). The van der Waals surface area contributed by atoms with E-state index < -0.39 is 31.0 Å². The topological polar surface area (TPSA) is 105 Å².